The van der Waals surface area contributed by atoms with Gasteiger partial charge in [0, 0.05) is 11.8 Å². The van der Waals surface area contributed by atoms with Crippen LogP contribution < -0.4 is 0 Å². The third-order valence-corrected chi connectivity index (χ3v) is 3.40. The van der Waals surface area contributed by atoms with Gasteiger partial charge in [0.05, 0.1) is 6.42 Å². The zero-order chi connectivity index (χ0) is 15.7. The minimum atomic E-state index is -1.45. The van der Waals surface area contributed by atoms with Crippen molar-refractivity contribution in [3.05, 3.63) is 35.9 Å². The van der Waals surface area contributed by atoms with E-state index in [0.29, 0.717) is 0 Å². The monoisotopic (exact) mass is 292 g/mol. The standard InChI is InChI=1S/C16H20O5/c1-15(2,3)14-20-13(19)16(21-14,10-12(17)18)9-11-7-5-4-6-8-11/h4-8,14H,9-10H2,1-3H3,(H,17,18)/t14-,16+/m1/s1. The van der Waals surface area contributed by atoms with Crippen molar-refractivity contribution >= 4 is 11.9 Å². The molecule has 1 heterocycles. The molecule has 0 saturated carbocycles. The maximum atomic E-state index is 12.3. The molecule has 2 rings (SSSR count). The third kappa shape index (κ3) is 3.42. The Hall–Kier alpha value is -1.88. The number of carbonyl (C=O) groups excluding carboxylic acids is 1. The van der Waals surface area contributed by atoms with Gasteiger partial charge in [0.25, 0.3) is 0 Å². The van der Waals surface area contributed by atoms with Crippen molar-refractivity contribution in [2.45, 2.75) is 45.5 Å². The molecular weight excluding hydrogens is 272 g/mol. The Balaban J connectivity index is 2.30. The Morgan fingerprint density at radius 1 is 1.29 bits per heavy atom. The first-order valence-corrected chi connectivity index (χ1v) is 6.88. The van der Waals surface area contributed by atoms with Crippen LogP contribution in [0.1, 0.15) is 32.8 Å². The summed E-state index contributed by atoms with van der Waals surface area (Å²) in [5, 5.41) is 9.14. The fourth-order valence-electron chi connectivity index (χ4n) is 2.30. The molecule has 21 heavy (non-hydrogen) atoms. The molecular formula is C16H20O5. The molecule has 5 nitrogen and oxygen atoms in total. The predicted molar refractivity (Wildman–Crippen MR) is 75.5 cm³/mol. The summed E-state index contributed by atoms with van der Waals surface area (Å²) in [6, 6.07) is 9.21. The Morgan fingerprint density at radius 2 is 1.90 bits per heavy atom. The van der Waals surface area contributed by atoms with Crippen molar-refractivity contribution in [2.24, 2.45) is 5.41 Å². The second kappa shape index (κ2) is 5.48. The highest BCUT2D eigenvalue weighted by Gasteiger charge is 2.54. The van der Waals surface area contributed by atoms with Crippen LogP contribution in [0.25, 0.3) is 0 Å². The van der Waals surface area contributed by atoms with Crippen LogP contribution in [0.3, 0.4) is 0 Å². The van der Waals surface area contributed by atoms with E-state index in [1.54, 1.807) is 0 Å². The lowest BCUT2D eigenvalue weighted by atomic mass is 9.91. The highest BCUT2D eigenvalue weighted by atomic mass is 16.8. The quantitative estimate of drug-likeness (QED) is 0.863. The number of hydrogen-bond donors (Lipinski definition) is 1. The topological polar surface area (TPSA) is 72.8 Å². The van der Waals surface area contributed by atoms with Gasteiger partial charge in [-0.2, -0.15) is 0 Å². The number of carboxylic acid groups (broad SMARTS) is 1. The summed E-state index contributed by atoms with van der Waals surface area (Å²) >= 11 is 0. The van der Waals surface area contributed by atoms with Crippen molar-refractivity contribution in [1.29, 1.82) is 0 Å². The second-order valence-electron chi connectivity index (χ2n) is 6.45. The average molecular weight is 292 g/mol. The van der Waals surface area contributed by atoms with Crippen molar-refractivity contribution in [3.63, 3.8) is 0 Å². The first-order valence-electron chi connectivity index (χ1n) is 6.88. The summed E-state index contributed by atoms with van der Waals surface area (Å²) in [6.07, 6.45) is -0.966. The number of aliphatic carboxylic acids is 1. The maximum Gasteiger partial charge on any atom is 0.341 e. The van der Waals surface area contributed by atoms with Crippen LogP contribution in [-0.4, -0.2) is 28.9 Å². The van der Waals surface area contributed by atoms with Crippen LogP contribution in [0.4, 0.5) is 0 Å². The normalized spacial score (nSPS) is 25.7. The van der Waals surface area contributed by atoms with Gasteiger partial charge in [-0.25, -0.2) is 4.79 Å². The van der Waals surface area contributed by atoms with Crippen LogP contribution in [0.5, 0.6) is 0 Å². The number of esters is 1. The molecule has 0 radical (unpaired) electrons. The zero-order valence-electron chi connectivity index (χ0n) is 12.5. The summed E-state index contributed by atoms with van der Waals surface area (Å²) < 4.78 is 11.1. The SMILES string of the molecule is CC(C)(C)[C@@H]1OC(=O)[C@@](CC(=O)O)(Cc2ccccc2)O1. The largest absolute Gasteiger partial charge is 0.481 e. The Labute approximate surface area is 123 Å². The van der Waals surface area contributed by atoms with Crippen molar-refractivity contribution < 1.29 is 24.2 Å². The fourth-order valence-corrected chi connectivity index (χ4v) is 2.30. The van der Waals surface area contributed by atoms with Gasteiger partial charge in [0.2, 0.25) is 6.29 Å². The maximum absolute atomic E-state index is 12.3. The molecule has 0 amide bonds. The van der Waals surface area contributed by atoms with E-state index in [4.69, 9.17) is 14.6 Å². The van der Waals surface area contributed by atoms with Gasteiger partial charge in [-0.15, -0.1) is 0 Å². The number of ether oxygens (including phenoxy) is 2. The van der Waals surface area contributed by atoms with Crippen LogP contribution in [0.15, 0.2) is 30.3 Å². The molecule has 1 saturated heterocycles. The van der Waals surface area contributed by atoms with Gasteiger partial charge in [0.15, 0.2) is 5.60 Å². The van der Waals surface area contributed by atoms with E-state index in [9.17, 15) is 9.59 Å². The molecule has 2 atom stereocenters. The van der Waals surface area contributed by atoms with Gasteiger partial charge < -0.3 is 14.6 Å². The zero-order valence-corrected chi connectivity index (χ0v) is 12.5. The minimum absolute atomic E-state index is 0.186. The van der Waals surface area contributed by atoms with E-state index < -0.39 is 35.7 Å². The van der Waals surface area contributed by atoms with Crippen molar-refractivity contribution in [3.8, 4) is 0 Å². The van der Waals surface area contributed by atoms with E-state index in [0.717, 1.165) is 5.56 Å². The summed E-state index contributed by atoms with van der Waals surface area (Å²) in [4.78, 5) is 23.4. The predicted octanol–water partition coefficient (Wildman–Crippen LogP) is 2.39. The van der Waals surface area contributed by atoms with Crippen LogP contribution in [-0.2, 0) is 25.5 Å². The lowest BCUT2D eigenvalue weighted by Gasteiger charge is -2.27. The molecule has 0 unspecified atom stereocenters. The molecule has 5 heteroatoms. The van der Waals surface area contributed by atoms with Crippen molar-refractivity contribution in [1.82, 2.24) is 0 Å². The smallest absolute Gasteiger partial charge is 0.341 e. The molecule has 1 fully saturated rings. The number of cyclic esters (lactones) is 1. The first kappa shape index (κ1) is 15.5. The van der Waals surface area contributed by atoms with E-state index in [-0.39, 0.29) is 6.42 Å². The van der Waals surface area contributed by atoms with Gasteiger partial charge in [-0.05, 0) is 5.56 Å². The molecule has 0 aromatic heterocycles. The van der Waals surface area contributed by atoms with E-state index >= 15 is 0 Å². The summed E-state index contributed by atoms with van der Waals surface area (Å²) in [5.74, 6) is -1.69. The van der Waals surface area contributed by atoms with Gasteiger partial charge in [0.1, 0.15) is 0 Å². The molecule has 1 aromatic rings. The van der Waals surface area contributed by atoms with Gasteiger partial charge in [-0.1, -0.05) is 51.1 Å². The summed E-state index contributed by atoms with van der Waals surface area (Å²) in [6.45, 7) is 5.64. The molecule has 0 bridgehead atoms. The number of carboxylic acids is 1. The van der Waals surface area contributed by atoms with Gasteiger partial charge in [-0.3, -0.25) is 4.79 Å². The summed E-state index contributed by atoms with van der Waals surface area (Å²) in [5.41, 5.74) is -1.03. The van der Waals surface area contributed by atoms with Crippen LogP contribution in [0, 0.1) is 5.41 Å². The molecule has 1 N–H and O–H groups in total. The first-order chi connectivity index (χ1) is 9.73. The van der Waals surface area contributed by atoms with Crippen LogP contribution in [0.2, 0.25) is 0 Å². The number of rotatable bonds is 4. The summed E-state index contributed by atoms with van der Waals surface area (Å²) in [7, 11) is 0. The number of benzene rings is 1. The number of carbonyl (C=O) groups is 2. The highest BCUT2D eigenvalue weighted by molar-refractivity contribution is 5.87. The molecule has 1 aromatic carbocycles. The van der Waals surface area contributed by atoms with E-state index in [2.05, 4.69) is 0 Å². The molecule has 0 spiro atoms. The molecule has 1 aliphatic heterocycles. The lowest BCUT2D eigenvalue weighted by Crippen LogP contribution is -2.42. The lowest BCUT2D eigenvalue weighted by molar-refractivity contribution is -0.160. The second-order valence-corrected chi connectivity index (χ2v) is 6.45. The minimum Gasteiger partial charge on any atom is -0.481 e. The Kier molecular flexibility index (Phi) is 4.05. The van der Waals surface area contributed by atoms with E-state index in [1.807, 2.05) is 51.1 Å². The highest BCUT2D eigenvalue weighted by Crippen LogP contribution is 2.38. The Bertz CT molecular complexity index is 531. The third-order valence-electron chi connectivity index (χ3n) is 3.40. The van der Waals surface area contributed by atoms with Crippen molar-refractivity contribution in [2.75, 3.05) is 0 Å². The Morgan fingerprint density at radius 3 is 2.38 bits per heavy atom. The molecule has 1 aliphatic rings. The van der Waals surface area contributed by atoms with Gasteiger partial charge >= 0.3 is 11.9 Å². The fraction of sp³-hybridized carbons (Fsp3) is 0.500. The van der Waals surface area contributed by atoms with E-state index in [1.165, 1.54) is 0 Å². The molecule has 114 valence electrons. The number of hydrogen-bond acceptors (Lipinski definition) is 4. The van der Waals surface area contributed by atoms with Crippen LogP contribution >= 0.6 is 0 Å². The average Bonchev–Trinajstić information content (AvgIpc) is 2.67. The molecule has 0 aliphatic carbocycles.